The molecule has 0 unspecified atom stereocenters. The quantitative estimate of drug-likeness (QED) is 0.680. The minimum absolute atomic E-state index is 0.132. The van der Waals surface area contributed by atoms with Crippen molar-refractivity contribution < 1.29 is 18.9 Å². The van der Waals surface area contributed by atoms with E-state index in [2.05, 4.69) is 5.32 Å². The van der Waals surface area contributed by atoms with Gasteiger partial charge in [-0.2, -0.15) is 0 Å². The summed E-state index contributed by atoms with van der Waals surface area (Å²) in [6.07, 6.45) is 2.68. The third kappa shape index (κ3) is 2.86. The lowest BCUT2D eigenvalue weighted by Crippen LogP contribution is -2.30. The number of benzene rings is 1. The maximum atomic E-state index is 12.4. The van der Waals surface area contributed by atoms with Crippen molar-refractivity contribution >= 4 is 29.1 Å². The van der Waals surface area contributed by atoms with E-state index in [1.165, 1.54) is 6.07 Å². The molecule has 0 spiro atoms. The average Bonchev–Trinajstić information content (AvgIpc) is 3.16. The molecule has 2 aliphatic rings. The Morgan fingerprint density at radius 2 is 2.04 bits per heavy atom. The molecule has 1 saturated carbocycles. The predicted octanol–water partition coefficient (Wildman–Crippen LogP) is 2.74. The molecule has 1 aromatic carbocycles. The number of nitro groups is 1. The number of amides is 2. The lowest BCUT2D eigenvalue weighted by atomic mass is 10.1. The summed E-state index contributed by atoms with van der Waals surface area (Å²) in [5.41, 5.74) is 2.40. The van der Waals surface area contributed by atoms with Crippen molar-refractivity contribution in [3.63, 3.8) is 0 Å². The molecule has 1 aliphatic carbocycles. The minimum atomic E-state index is -0.701. The van der Waals surface area contributed by atoms with Gasteiger partial charge in [0.1, 0.15) is 4.92 Å². The van der Waals surface area contributed by atoms with E-state index in [0.717, 1.165) is 36.6 Å². The molecular formula is C17H15N3O5. The molecule has 128 valence electrons. The van der Waals surface area contributed by atoms with Crippen LogP contribution in [0.15, 0.2) is 34.7 Å². The van der Waals surface area contributed by atoms with Crippen molar-refractivity contribution in [1.82, 2.24) is 0 Å². The van der Waals surface area contributed by atoms with Crippen molar-refractivity contribution in [2.75, 3.05) is 16.8 Å². The highest BCUT2D eigenvalue weighted by atomic mass is 16.6. The van der Waals surface area contributed by atoms with Gasteiger partial charge in [0.25, 0.3) is 5.91 Å². The molecule has 2 amide bonds. The Morgan fingerprint density at radius 1 is 1.24 bits per heavy atom. The van der Waals surface area contributed by atoms with E-state index in [-0.39, 0.29) is 17.6 Å². The van der Waals surface area contributed by atoms with Gasteiger partial charge in [0, 0.05) is 23.8 Å². The van der Waals surface area contributed by atoms with E-state index >= 15 is 0 Å². The maximum absolute atomic E-state index is 12.4. The summed E-state index contributed by atoms with van der Waals surface area (Å²) in [5.74, 6) is -0.929. The molecule has 1 fully saturated rings. The summed E-state index contributed by atoms with van der Waals surface area (Å²) < 4.78 is 4.90. The Hall–Kier alpha value is -3.16. The van der Waals surface area contributed by atoms with Crippen LogP contribution in [-0.4, -0.2) is 23.3 Å². The van der Waals surface area contributed by atoms with Crippen molar-refractivity contribution in [3.8, 4) is 0 Å². The Kier molecular flexibility index (Phi) is 3.52. The van der Waals surface area contributed by atoms with Crippen LogP contribution >= 0.6 is 0 Å². The molecule has 25 heavy (non-hydrogen) atoms. The van der Waals surface area contributed by atoms with Crippen LogP contribution in [0.4, 0.5) is 17.3 Å². The number of nitrogens with zero attached hydrogens (tertiary/aromatic N) is 2. The van der Waals surface area contributed by atoms with Crippen molar-refractivity contribution in [2.24, 2.45) is 5.92 Å². The zero-order chi connectivity index (χ0) is 17.6. The summed E-state index contributed by atoms with van der Waals surface area (Å²) in [6.45, 7) is 0.659. The second-order valence-electron chi connectivity index (χ2n) is 6.21. The monoisotopic (exact) mass is 341 g/mol. The van der Waals surface area contributed by atoms with Gasteiger partial charge >= 0.3 is 5.88 Å². The van der Waals surface area contributed by atoms with E-state index in [0.29, 0.717) is 12.2 Å². The van der Waals surface area contributed by atoms with Crippen LogP contribution in [0.2, 0.25) is 0 Å². The van der Waals surface area contributed by atoms with Crippen LogP contribution in [0.3, 0.4) is 0 Å². The average molecular weight is 341 g/mol. The van der Waals surface area contributed by atoms with E-state index in [4.69, 9.17) is 4.42 Å². The number of furan rings is 1. The SMILES string of the molecule is O=C(Nc1ccc2c(c1)N(C(=O)C1CC1)CC2)c1ccc([N+](=O)[O-])o1. The van der Waals surface area contributed by atoms with Gasteiger partial charge in [-0.15, -0.1) is 0 Å². The Bertz CT molecular complexity index is 884. The van der Waals surface area contributed by atoms with Gasteiger partial charge in [-0.3, -0.25) is 19.7 Å². The molecular weight excluding hydrogens is 326 g/mol. The first-order valence-corrected chi connectivity index (χ1v) is 8.03. The second-order valence-corrected chi connectivity index (χ2v) is 6.21. The molecule has 1 aromatic heterocycles. The van der Waals surface area contributed by atoms with Crippen molar-refractivity contribution in [2.45, 2.75) is 19.3 Å². The largest absolute Gasteiger partial charge is 0.433 e. The third-order valence-electron chi connectivity index (χ3n) is 4.43. The number of hydrogen-bond donors (Lipinski definition) is 1. The zero-order valence-corrected chi connectivity index (χ0v) is 13.2. The van der Waals surface area contributed by atoms with Crippen LogP contribution in [0, 0.1) is 16.0 Å². The highest BCUT2D eigenvalue weighted by Crippen LogP contribution is 2.37. The third-order valence-corrected chi connectivity index (χ3v) is 4.43. The topological polar surface area (TPSA) is 106 Å². The number of anilines is 2. The molecule has 8 nitrogen and oxygen atoms in total. The summed E-state index contributed by atoms with van der Waals surface area (Å²) in [6, 6.07) is 7.78. The number of carbonyl (C=O) groups is 2. The summed E-state index contributed by atoms with van der Waals surface area (Å²) in [7, 11) is 0. The number of fused-ring (bicyclic) bond motifs is 1. The minimum Gasteiger partial charge on any atom is -0.395 e. The predicted molar refractivity (Wildman–Crippen MR) is 88.5 cm³/mol. The van der Waals surface area contributed by atoms with Gasteiger partial charge in [0.05, 0.1) is 6.07 Å². The summed E-state index contributed by atoms with van der Waals surface area (Å²) in [4.78, 5) is 36.2. The molecule has 2 heterocycles. The number of nitrogens with one attached hydrogen (secondary N) is 1. The molecule has 1 N–H and O–H groups in total. The Labute approximate surface area is 142 Å². The first-order valence-electron chi connectivity index (χ1n) is 8.03. The second kappa shape index (κ2) is 5.73. The van der Waals surface area contributed by atoms with Gasteiger partial charge < -0.3 is 14.6 Å². The van der Waals surface area contributed by atoms with Gasteiger partial charge in [0.2, 0.25) is 5.91 Å². The van der Waals surface area contributed by atoms with Gasteiger partial charge in [-0.1, -0.05) is 6.07 Å². The van der Waals surface area contributed by atoms with Crippen LogP contribution < -0.4 is 10.2 Å². The maximum Gasteiger partial charge on any atom is 0.433 e. The lowest BCUT2D eigenvalue weighted by molar-refractivity contribution is -0.402. The zero-order valence-electron chi connectivity index (χ0n) is 13.2. The van der Waals surface area contributed by atoms with Crippen molar-refractivity contribution in [3.05, 3.63) is 51.8 Å². The standard InChI is InChI=1S/C17H15N3O5/c21-16(14-5-6-15(25-14)20(23)24)18-12-4-3-10-7-8-19(13(10)9-12)17(22)11-1-2-11/h3-6,9,11H,1-2,7-8H2,(H,18,21). The Balaban J connectivity index is 1.53. The number of carbonyl (C=O) groups excluding carboxylic acids is 2. The normalized spacial score (nSPS) is 15.8. The first kappa shape index (κ1) is 15.4. The fourth-order valence-electron chi connectivity index (χ4n) is 2.98. The summed E-state index contributed by atoms with van der Waals surface area (Å²) >= 11 is 0. The lowest BCUT2D eigenvalue weighted by Gasteiger charge is -2.17. The van der Waals surface area contributed by atoms with Crippen LogP contribution in [0.5, 0.6) is 0 Å². The smallest absolute Gasteiger partial charge is 0.395 e. The van der Waals surface area contributed by atoms with Crippen LogP contribution in [0.25, 0.3) is 0 Å². The Morgan fingerprint density at radius 3 is 2.72 bits per heavy atom. The highest BCUT2D eigenvalue weighted by molar-refractivity contribution is 6.04. The molecule has 2 aromatic rings. The highest BCUT2D eigenvalue weighted by Gasteiger charge is 2.36. The van der Waals surface area contributed by atoms with E-state index < -0.39 is 16.7 Å². The van der Waals surface area contributed by atoms with Gasteiger partial charge in [-0.25, -0.2) is 0 Å². The summed E-state index contributed by atoms with van der Waals surface area (Å²) in [5, 5.41) is 13.3. The molecule has 4 rings (SSSR count). The molecule has 0 bridgehead atoms. The molecule has 0 radical (unpaired) electrons. The molecule has 0 saturated heterocycles. The van der Waals surface area contributed by atoms with Crippen LogP contribution in [0.1, 0.15) is 29.0 Å². The van der Waals surface area contributed by atoms with E-state index in [1.807, 2.05) is 6.07 Å². The molecule has 8 heteroatoms. The van der Waals surface area contributed by atoms with Crippen molar-refractivity contribution in [1.29, 1.82) is 0 Å². The van der Waals surface area contributed by atoms with E-state index in [9.17, 15) is 19.7 Å². The van der Waals surface area contributed by atoms with Gasteiger partial charge in [-0.05, 0) is 43.0 Å². The van der Waals surface area contributed by atoms with Crippen LogP contribution in [-0.2, 0) is 11.2 Å². The number of hydrogen-bond acceptors (Lipinski definition) is 5. The molecule has 0 atom stereocenters. The van der Waals surface area contributed by atoms with Gasteiger partial charge in [0.15, 0.2) is 5.76 Å². The fraction of sp³-hybridized carbons (Fsp3) is 0.294. The molecule has 1 aliphatic heterocycles. The number of rotatable bonds is 4. The first-order chi connectivity index (χ1) is 12.0. The fourth-order valence-corrected chi connectivity index (χ4v) is 2.98. The van der Waals surface area contributed by atoms with E-state index in [1.54, 1.807) is 17.0 Å².